The molecule has 1 rings (SSSR count). The summed E-state index contributed by atoms with van der Waals surface area (Å²) in [6.45, 7) is 2.96. The molecule has 0 aliphatic heterocycles. The summed E-state index contributed by atoms with van der Waals surface area (Å²) in [5.74, 6) is 0.794. The van der Waals surface area contributed by atoms with Gasteiger partial charge in [-0.1, -0.05) is 30.3 Å². The van der Waals surface area contributed by atoms with Crippen LogP contribution in [-0.2, 0) is 16.1 Å². The van der Waals surface area contributed by atoms with E-state index in [9.17, 15) is 4.79 Å². The Bertz CT molecular complexity index is 387. The number of carbonyl (C=O) groups is 1. The zero-order valence-corrected chi connectivity index (χ0v) is 13.0. The number of ether oxygens (including phenoxy) is 1. The Morgan fingerprint density at radius 1 is 1.40 bits per heavy atom. The van der Waals surface area contributed by atoms with E-state index in [4.69, 9.17) is 10.5 Å². The fourth-order valence-corrected chi connectivity index (χ4v) is 2.18. The molecule has 0 saturated heterocycles. The Balaban J connectivity index is 2.19. The highest BCUT2D eigenvalue weighted by molar-refractivity contribution is 7.98. The van der Waals surface area contributed by atoms with Gasteiger partial charge in [0.25, 0.3) is 0 Å². The van der Waals surface area contributed by atoms with Gasteiger partial charge in [0.05, 0.1) is 19.3 Å². The van der Waals surface area contributed by atoms with Crippen molar-refractivity contribution in [3.05, 3.63) is 35.9 Å². The number of hydrogen-bond acceptors (Lipinski definition) is 4. The smallest absolute Gasteiger partial charge is 0.237 e. The molecule has 1 aromatic rings. The minimum Gasteiger partial charge on any atom is -0.375 e. The average Bonchev–Trinajstić information content (AvgIpc) is 2.45. The molecule has 1 aromatic carbocycles. The number of amides is 1. The zero-order valence-electron chi connectivity index (χ0n) is 12.2. The zero-order chi connectivity index (χ0) is 14.8. The third-order valence-electron chi connectivity index (χ3n) is 2.84. The molecular formula is C15H24N2O2S. The van der Waals surface area contributed by atoms with Crippen molar-refractivity contribution >= 4 is 17.7 Å². The molecule has 0 aliphatic rings. The standard InChI is InChI=1S/C15H24N2O2S/c1-12(17-15(18)14(16)8-9-20-2)10-19-11-13-6-4-3-5-7-13/h3-7,12,14H,8-11,16H2,1-2H3,(H,17,18)/t12?,14-/m0/s1. The fraction of sp³-hybridized carbons (Fsp3) is 0.533. The Kier molecular flexibility index (Phi) is 8.34. The third-order valence-corrected chi connectivity index (χ3v) is 3.48. The normalized spacial score (nSPS) is 13.8. The second kappa shape index (κ2) is 9.80. The summed E-state index contributed by atoms with van der Waals surface area (Å²) >= 11 is 1.69. The highest BCUT2D eigenvalue weighted by Gasteiger charge is 2.15. The van der Waals surface area contributed by atoms with Crippen LogP contribution in [0.4, 0.5) is 0 Å². The second-order valence-electron chi connectivity index (χ2n) is 4.80. The van der Waals surface area contributed by atoms with E-state index in [1.165, 1.54) is 0 Å². The number of nitrogens with two attached hydrogens (primary N) is 1. The molecule has 0 aliphatic carbocycles. The van der Waals surface area contributed by atoms with Crippen LogP contribution in [-0.4, -0.2) is 36.6 Å². The SMILES string of the molecule is CSCC[C@H](N)C(=O)NC(C)COCc1ccccc1. The topological polar surface area (TPSA) is 64.4 Å². The van der Waals surface area contributed by atoms with Gasteiger partial charge in [0, 0.05) is 6.04 Å². The van der Waals surface area contributed by atoms with Crippen LogP contribution < -0.4 is 11.1 Å². The molecule has 0 fully saturated rings. The van der Waals surface area contributed by atoms with E-state index in [2.05, 4.69) is 5.32 Å². The molecule has 112 valence electrons. The Morgan fingerprint density at radius 2 is 2.10 bits per heavy atom. The second-order valence-corrected chi connectivity index (χ2v) is 5.78. The van der Waals surface area contributed by atoms with Gasteiger partial charge in [-0.15, -0.1) is 0 Å². The summed E-state index contributed by atoms with van der Waals surface area (Å²) < 4.78 is 5.58. The van der Waals surface area contributed by atoms with E-state index in [0.29, 0.717) is 19.6 Å². The van der Waals surface area contributed by atoms with Gasteiger partial charge in [0.15, 0.2) is 0 Å². The van der Waals surface area contributed by atoms with E-state index in [1.807, 2.05) is 43.5 Å². The molecule has 3 N–H and O–H groups in total. The summed E-state index contributed by atoms with van der Waals surface area (Å²) in [4.78, 5) is 11.8. The van der Waals surface area contributed by atoms with Crippen molar-refractivity contribution in [1.82, 2.24) is 5.32 Å². The third kappa shape index (κ3) is 6.93. The summed E-state index contributed by atoms with van der Waals surface area (Å²) in [6, 6.07) is 9.50. The number of benzene rings is 1. The largest absolute Gasteiger partial charge is 0.375 e. The number of thioether (sulfide) groups is 1. The van der Waals surface area contributed by atoms with Crippen molar-refractivity contribution in [2.24, 2.45) is 5.73 Å². The van der Waals surface area contributed by atoms with E-state index in [1.54, 1.807) is 11.8 Å². The van der Waals surface area contributed by atoms with Crippen molar-refractivity contribution in [3.8, 4) is 0 Å². The van der Waals surface area contributed by atoms with Crippen LogP contribution in [0.1, 0.15) is 18.9 Å². The molecule has 0 heterocycles. The van der Waals surface area contributed by atoms with Gasteiger partial charge in [-0.3, -0.25) is 4.79 Å². The predicted molar refractivity (Wildman–Crippen MR) is 84.7 cm³/mol. The van der Waals surface area contributed by atoms with Crippen molar-refractivity contribution in [3.63, 3.8) is 0 Å². The maximum absolute atomic E-state index is 11.8. The molecule has 20 heavy (non-hydrogen) atoms. The van der Waals surface area contributed by atoms with Gasteiger partial charge >= 0.3 is 0 Å². The van der Waals surface area contributed by atoms with E-state index in [0.717, 1.165) is 11.3 Å². The van der Waals surface area contributed by atoms with Gasteiger partial charge in [0.2, 0.25) is 5.91 Å². The van der Waals surface area contributed by atoms with Crippen LogP contribution in [0.2, 0.25) is 0 Å². The highest BCUT2D eigenvalue weighted by Crippen LogP contribution is 2.02. The van der Waals surface area contributed by atoms with Crippen LogP contribution in [0, 0.1) is 0 Å². The Hall–Kier alpha value is -1.04. The number of rotatable bonds is 9. The molecule has 0 aromatic heterocycles. The van der Waals surface area contributed by atoms with E-state index >= 15 is 0 Å². The van der Waals surface area contributed by atoms with Crippen molar-refractivity contribution in [2.45, 2.75) is 32.0 Å². The number of carbonyl (C=O) groups excluding carboxylic acids is 1. The quantitative estimate of drug-likeness (QED) is 0.729. The van der Waals surface area contributed by atoms with Gasteiger partial charge < -0.3 is 15.8 Å². The Labute approximate surface area is 125 Å². The molecule has 0 radical (unpaired) electrons. The molecule has 5 heteroatoms. The molecule has 1 amide bonds. The number of hydrogen-bond donors (Lipinski definition) is 2. The summed E-state index contributed by atoms with van der Waals surface area (Å²) in [6.07, 6.45) is 2.70. The lowest BCUT2D eigenvalue weighted by Crippen LogP contribution is -2.46. The Morgan fingerprint density at radius 3 is 2.75 bits per heavy atom. The van der Waals surface area contributed by atoms with Gasteiger partial charge in [-0.2, -0.15) is 11.8 Å². The van der Waals surface area contributed by atoms with Crippen LogP contribution >= 0.6 is 11.8 Å². The number of nitrogens with one attached hydrogen (secondary N) is 1. The van der Waals surface area contributed by atoms with E-state index < -0.39 is 6.04 Å². The summed E-state index contributed by atoms with van der Waals surface area (Å²) in [7, 11) is 0. The molecule has 1 unspecified atom stereocenters. The minimum atomic E-state index is -0.431. The maximum atomic E-state index is 11.8. The van der Waals surface area contributed by atoms with Crippen molar-refractivity contribution < 1.29 is 9.53 Å². The monoisotopic (exact) mass is 296 g/mol. The lowest BCUT2D eigenvalue weighted by Gasteiger charge is -2.17. The summed E-state index contributed by atoms with van der Waals surface area (Å²) in [5, 5.41) is 2.88. The highest BCUT2D eigenvalue weighted by atomic mass is 32.2. The fourth-order valence-electron chi connectivity index (χ4n) is 1.70. The van der Waals surface area contributed by atoms with Crippen LogP contribution in [0.5, 0.6) is 0 Å². The first-order valence-corrected chi connectivity index (χ1v) is 8.19. The summed E-state index contributed by atoms with van der Waals surface area (Å²) in [5.41, 5.74) is 6.93. The first-order valence-electron chi connectivity index (χ1n) is 6.80. The maximum Gasteiger partial charge on any atom is 0.237 e. The van der Waals surface area contributed by atoms with E-state index in [-0.39, 0.29) is 11.9 Å². The predicted octanol–water partition coefficient (Wildman–Crippen LogP) is 1.79. The molecule has 2 atom stereocenters. The minimum absolute atomic E-state index is 0.0356. The molecule has 4 nitrogen and oxygen atoms in total. The van der Waals surface area contributed by atoms with Crippen LogP contribution in [0.15, 0.2) is 30.3 Å². The average molecular weight is 296 g/mol. The lowest BCUT2D eigenvalue weighted by molar-refractivity contribution is -0.123. The van der Waals surface area contributed by atoms with Crippen LogP contribution in [0.3, 0.4) is 0 Å². The first kappa shape index (κ1) is 17.0. The molecule has 0 spiro atoms. The lowest BCUT2D eigenvalue weighted by atomic mass is 10.2. The van der Waals surface area contributed by atoms with Crippen molar-refractivity contribution in [2.75, 3.05) is 18.6 Å². The van der Waals surface area contributed by atoms with Gasteiger partial charge in [0.1, 0.15) is 0 Å². The van der Waals surface area contributed by atoms with Crippen LogP contribution in [0.25, 0.3) is 0 Å². The molecule has 0 saturated carbocycles. The van der Waals surface area contributed by atoms with Crippen molar-refractivity contribution in [1.29, 1.82) is 0 Å². The molecular weight excluding hydrogens is 272 g/mol. The molecule has 0 bridgehead atoms. The van der Waals surface area contributed by atoms with Gasteiger partial charge in [-0.25, -0.2) is 0 Å². The van der Waals surface area contributed by atoms with Gasteiger partial charge in [-0.05, 0) is 30.9 Å². The first-order chi connectivity index (χ1) is 9.63.